The molecule has 2 rings (SSSR count). The van der Waals surface area contributed by atoms with Crippen LogP contribution in [0.1, 0.15) is 21.5 Å². The maximum atomic E-state index is 11.4. The predicted molar refractivity (Wildman–Crippen MR) is 83.2 cm³/mol. The number of hydrogen-bond acceptors (Lipinski definition) is 3. The second kappa shape index (κ2) is 6.31. The lowest BCUT2D eigenvalue weighted by Crippen LogP contribution is -2.19. The molecular formula is C17H19NO3. The molecule has 0 radical (unpaired) electrons. The standard InChI is InChI=1S/C17H19NO3/c1-12-4-9-16(15(10-12)17(19)20)18(2)11-13-5-7-14(21-3)8-6-13/h4-10H,11H2,1-3H3,(H,19,20). The summed E-state index contributed by atoms with van der Waals surface area (Å²) in [6.07, 6.45) is 0. The van der Waals surface area contributed by atoms with Gasteiger partial charge in [-0.3, -0.25) is 0 Å². The number of anilines is 1. The first-order chi connectivity index (χ1) is 10.0. The first-order valence-corrected chi connectivity index (χ1v) is 6.69. The van der Waals surface area contributed by atoms with E-state index in [1.165, 1.54) is 0 Å². The Kier molecular flexibility index (Phi) is 4.48. The molecule has 0 fully saturated rings. The Bertz CT molecular complexity index is 635. The van der Waals surface area contributed by atoms with Crippen molar-refractivity contribution in [2.24, 2.45) is 0 Å². The summed E-state index contributed by atoms with van der Waals surface area (Å²) in [5, 5.41) is 9.33. The summed E-state index contributed by atoms with van der Waals surface area (Å²) in [4.78, 5) is 13.3. The number of methoxy groups -OCH3 is 1. The summed E-state index contributed by atoms with van der Waals surface area (Å²) in [5.41, 5.74) is 3.07. The molecule has 21 heavy (non-hydrogen) atoms. The van der Waals surface area contributed by atoms with Crippen molar-refractivity contribution in [3.63, 3.8) is 0 Å². The van der Waals surface area contributed by atoms with Crippen molar-refractivity contribution < 1.29 is 14.6 Å². The van der Waals surface area contributed by atoms with Crippen molar-refractivity contribution in [1.82, 2.24) is 0 Å². The summed E-state index contributed by atoms with van der Waals surface area (Å²) in [7, 11) is 3.52. The van der Waals surface area contributed by atoms with Crippen LogP contribution in [-0.2, 0) is 6.54 Å². The van der Waals surface area contributed by atoms with Crippen LogP contribution in [0.2, 0.25) is 0 Å². The van der Waals surface area contributed by atoms with E-state index in [9.17, 15) is 9.90 Å². The third-order valence-corrected chi connectivity index (χ3v) is 3.37. The van der Waals surface area contributed by atoms with Crippen LogP contribution in [0.25, 0.3) is 0 Å². The van der Waals surface area contributed by atoms with Crippen molar-refractivity contribution in [3.8, 4) is 5.75 Å². The molecule has 0 aliphatic carbocycles. The van der Waals surface area contributed by atoms with Gasteiger partial charge in [0.1, 0.15) is 5.75 Å². The molecule has 0 aliphatic rings. The molecule has 0 bridgehead atoms. The highest BCUT2D eigenvalue weighted by Gasteiger charge is 2.13. The molecule has 0 saturated heterocycles. The molecule has 0 amide bonds. The number of carboxylic acids is 1. The lowest BCUT2D eigenvalue weighted by molar-refractivity contribution is 0.0697. The van der Waals surface area contributed by atoms with Crippen LogP contribution in [0, 0.1) is 6.92 Å². The molecule has 0 atom stereocenters. The third-order valence-electron chi connectivity index (χ3n) is 3.37. The number of hydrogen-bond donors (Lipinski definition) is 1. The molecule has 0 aliphatic heterocycles. The monoisotopic (exact) mass is 285 g/mol. The minimum absolute atomic E-state index is 0.325. The molecule has 1 N–H and O–H groups in total. The van der Waals surface area contributed by atoms with E-state index in [4.69, 9.17) is 4.74 Å². The minimum atomic E-state index is -0.907. The third kappa shape index (κ3) is 3.54. The van der Waals surface area contributed by atoms with E-state index in [0.29, 0.717) is 17.8 Å². The first kappa shape index (κ1) is 14.9. The maximum Gasteiger partial charge on any atom is 0.337 e. The van der Waals surface area contributed by atoms with E-state index in [-0.39, 0.29) is 0 Å². The van der Waals surface area contributed by atoms with Crippen molar-refractivity contribution in [2.45, 2.75) is 13.5 Å². The van der Waals surface area contributed by atoms with Crippen LogP contribution in [0.4, 0.5) is 5.69 Å². The van der Waals surface area contributed by atoms with Gasteiger partial charge < -0.3 is 14.7 Å². The van der Waals surface area contributed by atoms with Gasteiger partial charge in [-0.05, 0) is 36.8 Å². The summed E-state index contributed by atoms with van der Waals surface area (Å²) >= 11 is 0. The highest BCUT2D eigenvalue weighted by Crippen LogP contribution is 2.23. The molecule has 2 aromatic rings. The summed E-state index contributed by atoms with van der Waals surface area (Å²) in [6.45, 7) is 2.52. The van der Waals surface area contributed by atoms with Gasteiger partial charge in [0.25, 0.3) is 0 Å². The second-order valence-corrected chi connectivity index (χ2v) is 5.03. The highest BCUT2D eigenvalue weighted by atomic mass is 16.5. The largest absolute Gasteiger partial charge is 0.497 e. The number of carbonyl (C=O) groups is 1. The normalized spacial score (nSPS) is 10.2. The zero-order valence-electron chi connectivity index (χ0n) is 12.5. The summed E-state index contributed by atoms with van der Waals surface area (Å²) < 4.78 is 5.13. The van der Waals surface area contributed by atoms with E-state index in [1.807, 2.05) is 55.3 Å². The van der Waals surface area contributed by atoms with Crippen LogP contribution in [0.15, 0.2) is 42.5 Å². The number of carboxylic acid groups (broad SMARTS) is 1. The molecule has 0 aromatic heterocycles. The molecule has 0 heterocycles. The highest BCUT2D eigenvalue weighted by molar-refractivity contribution is 5.94. The van der Waals surface area contributed by atoms with Gasteiger partial charge in [-0.15, -0.1) is 0 Å². The number of ether oxygens (including phenoxy) is 1. The molecule has 0 saturated carbocycles. The molecular weight excluding hydrogens is 266 g/mol. The van der Waals surface area contributed by atoms with Crippen molar-refractivity contribution in [3.05, 3.63) is 59.2 Å². The Balaban J connectivity index is 2.23. The van der Waals surface area contributed by atoms with Gasteiger partial charge in [-0.2, -0.15) is 0 Å². The van der Waals surface area contributed by atoms with Gasteiger partial charge in [0.15, 0.2) is 0 Å². The van der Waals surface area contributed by atoms with Crippen molar-refractivity contribution in [1.29, 1.82) is 0 Å². The average Bonchev–Trinajstić information content (AvgIpc) is 2.47. The quantitative estimate of drug-likeness (QED) is 0.915. The number of benzene rings is 2. The fourth-order valence-corrected chi connectivity index (χ4v) is 2.24. The zero-order chi connectivity index (χ0) is 15.4. The predicted octanol–water partition coefficient (Wildman–Crippen LogP) is 3.34. The SMILES string of the molecule is COc1ccc(CN(C)c2ccc(C)cc2C(=O)O)cc1. The van der Waals surface area contributed by atoms with E-state index in [2.05, 4.69) is 0 Å². The van der Waals surface area contributed by atoms with Gasteiger partial charge in [-0.1, -0.05) is 23.8 Å². The Morgan fingerprint density at radius 2 is 1.86 bits per heavy atom. The molecule has 0 unspecified atom stereocenters. The molecule has 110 valence electrons. The average molecular weight is 285 g/mol. The molecule has 4 heteroatoms. The van der Waals surface area contributed by atoms with E-state index in [1.54, 1.807) is 13.2 Å². The Hall–Kier alpha value is -2.49. The van der Waals surface area contributed by atoms with Crippen LogP contribution in [0.3, 0.4) is 0 Å². The Morgan fingerprint density at radius 3 is 2.43 bits per heavy atom. The van der Waals surface area contributed by atoms with Gasteiger partial charge in [0, 0.05) is 13.6 Å². The summed E-state index contributed by atoms with van der Waals surface area (Å²) in [6, 6.07) is 13.2. The van der Waals surface area contributed by atoms with Crippen molar-refractivity contribution in [2.75, 3.05) is 19.1 Å². The van der Waals surface area contributed by atoms with E-state index in [0.717, 1.165) is 16.9 Å². The van der Waals surface area contributed by atoms with Crippen LogP contribution in [0.5, 0.6) is 5.75 Å². The van der Waals surface area contributed by atoms with Crippen LogP contribution in [-0.4, -0.2) is 25.2 Å². The summed E-state index contributed by atoms with van der Waals surface area (Å²) in [5.74, 6) is -0.0988. The van der Waals surface area contributed by atoms with E-state index >= 15 is 0 Å². The van der Waals surface area contributed by atoms with E-state index < -0.39 is 5.97 Å². The lowest BCUT2D eigenvalue weighted by Gasteiger charge is -2.22. The Labute approximate surface area is 124 Å². The van der Waals surface area contributed by atoms with Gasteiger partial charge in [-0.25, -0.2) is 4.79 Å². The zero-order valence-corrected chi connectivity index (χ0v) is 12.5. The van der Waals surface area contributed by atoms with Crippen molar-refractivity contribution >= 4 is 11.7 Å². The number of rotatable bonds is 5. The van der Waals surface area contributed by atoms with Crippen LogP contribution < -0.4 is 9.64 Å². The molecule has 2 aromatic carbocycles. The fourth-order valence-electron chi connectivity index (χ4n) is 2.24. The number of nitrogens with zero attached hydrogens (tertiary/aromatic N) is 1. The van der Waals surface area contributed by atoms with Gasteiger partial charge in [0.2, 0.25) is 0 Å². The molecule has 0 spiro atoms. The van der Waals surface area contributed by atoms with Gasteiger partial charge in [0.05, 0.1) is 18.4 Å². The van der Waals surface area contributed by atoms with Crippen LogP contribution >= 0.6 is 0 Å². The topological polar surface area (TPSA) is 49.8 Å². The fraction of sp³-hybridized carbons (Fsp3) is 0.235. The number of aromatic carboxylic acids is 1. The minimum Gasteiger partial charge on any atom is -0.497 e. The smallest absolute Gasteiger partial charge is 0.337 e. The second-order valence-electron chi connectivity index (χ2n) is 5.03. The lowest BCUT2D eigenvalue weighted by atomic mass is 10.1. The molecule has 4 nitrogen and oxygen atoms in total. The Morgan fingerprint density at radius 1 is 1.19 bits per heavy atom. The van der Waals surface area contributed by atoms with Gasteiger partial charge >= 0.3 is 5.97 Å². The first-order valence-electron chi connectivity index (χ1n) is 6.69. The number of aryl methyl sites for hydroxylation is 1. The maximum absolute atomic E-state index is 11.4.